The van der Waals surface area contributed by atoms with Gasteiger partial charge in [-0.3, -0.25) is 0 Å². The Hall–Kier alpha value is -6.41. The van der Waals surface area contributed by atoms with E-state index in [4.69, 9.17) is 50.0 Å². The first kappa shape index (κ1) is 26.2. The molecule has 10 nitrogen and oxygen atoms in total. The molecule has 0 saturated carbocycles. The van der Waals surface area contributed by atoms with Crippen molar-refractivity contribution in [3.8, 4) is 60.0 Å². The van der Waals surface area contributed by atoms with Crippen LogP contribution in [-0.2, 0) is 6.42 Å². The van der Waals surface area contributed by atoms with E-state index in [9.17, 15) is 0 Å². The summed E-state index contributed by atoms with van der Waals surface area (Å²) in [5.41, 5.74) is 2.22. The van der Waals surface area contributed by atoms with Crippen LogP contribution < -0.4 is 23.7 Å². The number of nitriles is 5. The summed E-state index contributed by atoms with van der Waals surface area (Å²) >= 11 is 0. The van der Waals surface area contributed by atoms with Crippen LogP contribution in [0.3, 0.4) is 0 Å². The van der Waals surface area contributed by atoms with Crippen LogP contribution in [0.5, 0.6) is 28.7 Å². The lowest BCUT2D eigenvalue weighted by Crippen LogP contribution is -1.89. The van der Waals surface area contributed by atoms with Crippen LogP contribution in [0.15, 0.2) is 78.9 Å². The number of rotatable bonds is 7. The molecule has 38 heavy (non-hydrogen) atoms. The molecule has 0 atom stereocenters. The van der Waals surface area contributed by atoms with Crippen LogP contribution in [-0.4, -0.2) is 0 Å². The summed E-state index contributed by atoms with van der Waals surface area (Å²) in [4.78, 5) is 0. The van der Waals surface area contributed by atoms with Crippen LogP contribution in [0.4, 0.5) is 0 Å². The maximum absolute atomic E-state index is 8.59. The van der Waals surface area contributed by atoms with Gasteiger partial charge in [-0.05, 0) is 71.5 Å². The van der Waals surface area contributed by atoms with Crippen LogP contribution in [0.1, 0.15) is 11.1 Å². The molecule has 10 heteroatoms. The van der Waals surface area contributed by atoms with Crippen molar-refractivity contribution in [2.24, 2.45) is 0 Å². The van der Waals surface area contributed by atoms with Gasteiger partial charge in [-0.25, -0.2) is 0 Å². The summed E-state index contributed by atoms with van der Waals surface area (Å²) in [6.07, 6.45) is 8.69. The van der Waals surface area contributed by atoms with Gasteiger partial charge in [0.25, 0.3) is 31.3 Å². The molecule has 0 aliphatic rings. The fraction of sp³-hybridized carbons (Fsp3) is 0.0357. The maximum Gasteiger partial charge on any atom is 0.292 e. The van der Waals surface area contributed by atoms with Gasteiger partial charge in [0.1, 0.15) is 23.0 Å². The molecular weight excluding hydrogens is 486 g/mol. The average molecular weight is 501 g/mol. The summed E-state index contributed by atoms with van der Waals surface area (Å²) < 4.78 is 23.7. The minimum atomic E-state index is 0.231. The lowest BCUT2D eigenvalue weighted by atomic mass is 10.0. The fourth-order valence-corrected chi connectivity index (χ4v) is 3.34. The molecule has 0 N–H and O–H groups in total. The predicted molar refractivity (Wildman–Crippen MR) is 131 cm³/mol. The van der Waals surface area contributed by atoms with E-state index in [1.807, 2.05) is 24.3 Å². The second-order valence-electron chi connectivity index (χ2n) is 7.24. The Morgan fingerprint density at radius 1 is 0.447 bits per heavy atom. The Morgan fingerprint density at radius 2 is 0.868 bits per heavy atom. The molecule has 0 saturated heterocycles. The highest BCUT2D eigenvalue weighted by atomic mass is 16.5. The van der Waals surface area contributed by atoms with E-state index in [1.54, 1.807) is 73.6 Å². The zero-order valence-corrected chi connectivity index (χ0v) is 19.5. The van der Waals surface area contributed by atoms with Crippen LogP contribution in [0.25, 0.3) is 10.8 Å². The zero-order chi connectivity index (χ0) is 27.2. The Balaban J connectivity index is 0.000000211. The van der Waals surface area contributed by atoms with Gasteiger partial charge in [-0.1, -0.05) is 24.3 Å². The first-order valence-corrected chi connectivity index (χ1v) is 10.7. The molecule has 4 aromatic rings. The van der Waals surface area contributed by atoms with E-state index in [-0.39, 0.29) is 11.5 Å². The molecule has 182 valence electrons. The van der Waals surface area contributed by atoms with E-state index in [1.165, 1.54) is 12.3 Å². The van der Waals surface area contributed by atoms with Gasteiger partial charge in [-0.2, -0.15) is 0 Å². The fourth-order valence-electron chi connectivity index (χ4n) is 3.34. The first-order valence-electron chi connectivity index (χ1n) is 10.7. The molecule has 0 aliphatic heterocycles. The van der Waals surface area contributed by atoms with Gasteiger partial charge in [-0.15, -0.1) is 26.3 Å². The number of hydrogen-bond donors (Lipinski definition) is 0. The summed E-state index contributed by atoms with van der Waals surface area (Å²) in [7, 11) is 0. The van der Waals surface area contributed by atoms with Crippen molar-refractivity contribution in [2.45, 2.75) is 6.42 Å². The smallest absolute Gasteiger partial charge is 0.292 e. The van der Waals surface area contributed by atoms with E-state index in [0.717, 1.165) is 17.5 Å². The van der Waals surface area contributed by atoms with Gasteiger partial charge in [0.05, 0.1) is 0 Å². The SMILES string of the molecule is N#COc1ccc(Cc2ccc(OC#N)cc2)cc1.N#COc1ccc2c(OC#N)cc(OC#N)cc2c1. The van der Waals surface area contributed by atoms with Crippen molar-refractivity contribution in [1.82, 2.24) is 0 Å². The summed E-state index contributed by atoms with van der Waals surface area (Å²) in [5.74, 6) is 1.89. The quantitative estimate of drug-likeness (QED) is 0.299. The lowest BCUT2D eigenvalue weighted by Gasteiger charge is -2.06. The highest BCUT2D eigenvalue weighted by molar-refractivity contribution is 5.91. The van der Waals surface area contributed by atoms with Gasteiger partial charge < -0.3 is 23.7 Å². The average Bonchev–Trinajstić information content (AvgIpc) is 2.92. The van der Waals surface area contributed by atoms with E-state index in [2.05, 4.69) is 0 Å². The standard InChI is InChI=1S/C15H10N2O2.C13H5N3O3/c16-10-18-14-5-1-12(2-6-14)9-13-3-7-15(8-4-13)19-11-17;14-6-17-10-1-2-12-9(3-10)4-11(18-7-15)5-13(12)19-8-16/h1-8H,9H2;1-5H. The molecule has 0 radical (unpaired) electrons. The Bertz CT molecular complexity index is 1560. The molecule has 0 fully saturated rings. The third kappa shape index (κ3) is 7.29. The van der Waals surface area contributed by atoms with Crippen molar-refractivity contribution in [2.75, 3.05) is 0 Å². The Morgan fingerprint density at radius 3 is 1.37 bits per heavy atom. The Labute approximate surface area is 217 Å². The number of nitrogens with zero attached hydrogens (tertiary/aromatic N) is 5. The molecule has 0 heterocycles. The molecule has 0 aliphatic carbocycles. The monoisotopic (exact) mass is 501 g/mol. The highest BCUT2D eigenvalue weighted by Gasteiger charge is 2.08. The largest absolute Gasteiger partial charge is 0.388 e. The van der Waals surface area contributed by atoms with Crippen molar-refractivity contribution in [3.05, 3.63) is 90.0 Å². The summed E-state index contributed by atoms with van der Waals surface area (Å²) in [5, 5.41) is 43.6. The van der Waals surface area contributed by atoms with E-state index < -0.39 is 0 Å². The molecule has 0 amide bonds. The van der Waals surface area contributed by atoms with Crippen LogP contribution >= 0.6 is 0 Å². The van der Waals surface area contributed by atoms with Crippen LogP contribution in [0, 0.1) is 57.6 Å². The van der Waals surface area contributed by atoms with Gasteiger partial charge >= 0.3 is 0 Å². The topological polar surface area (TPSA) is 165 Å². The predicted octanol–water partition coefficient (Wildman–Crippen LogP) is 5.42. The van der Waals surface area contributed by atoms with Gasteiger partial charge in [0.15, 0.2) is 5.75 Å². The number of fused-ring (bicyclic) bond motifs is 1. The van der Waals surface area contributed by atoms with Crippen molar-refractivity contribution < 1.29 is 23.7 Å². The zero-order valence-electron chi connectivity index (χ0n) is 19.5. The molecule has 0 spiro atoms. The molecular formula is C28H15N5O5. The minimum absolute atomic E-state index is 0.231. The summed E-state index contributed by atoms with van der Waals surface area (Å²) in [6, 6.07) is 22.5. The summed E-state index contributed by atoms with van der Waals surface area (Å²) in [6.45, 7) is 0. The second kappa shape index (κ2) is 13.5. The highest BCUT2D eigenvalue weighted by Crippen LogP contribution is 2.33. The van der Waals surface area contributed by atoms with Crippen molar-refractivity contribution in [1.29, 1.82) is 26.3 Å². The molecule has 0 aromatic heterocycles. The number of hydrogen-bond acceptors (Lipinski definition) is 10. The van der Waals surface area contributed by atoms with Crippen LogP contribution in [0.2, 0.25) is 0 Å². The first-order chi connectivity index (χ1) is 18.6. The van der Waals surface area contributed by atoms with E-state index in [0.29, 0.717) is 28.0 Å². The minimum Gasteiger partial charge on any atom is -0.388 e. The number of benzene rings is 4. The lowest BCUT2D eigenvalue weighted by molar-refractivity contribution is 0.488. The van der Waals surface area contributed by atoms with Gasteiger partial charge in [0, 0.05) is 11.5 Å². The van der Waals surface area contributed by atoms with E-state index >= 15 is 0 Å². The molecule has 4 aromatic carbocycles. The van der Waals surface area contributed by atoms with Gasteiger partial charge in [0.2, 0.25) is 0 Å². The number of ether oxygens (including phenoxy) is 5. The van der Waals surface area contributed by atoms with Crippen molar-refractivity contribution >= 4 is 10.8 Å². The van der Waals surface area contributed by atoms with Crippen molar-refractivity contribution in [3.63, 3.8) is 0 Å². The Kier molecular flexibility index (Phi) is 9.29. The third-order valence-corrected chi connectivity index (χ3v) is 4.92. The maximum atomic E-state index is 8.59. The molecule has 0 unspecified atom stereocenters. The molecule has 0 bridgehead atoms. The normalized spacial score (nSPS) is 9.03. The third-order valence-electron chi connectivity index (χ3n) is 4.92. The second-order valence-corrected chi connectivity index (χ2v) is 7.24. The molecule has 4 rings (SSSR count).